The molecule has 0 saturated carbocycles. The summed E-state index contributed by atoms with van der Waals surface area (Å²) in [7, 11) is -3.68. The van der Waals surface area contributed by atoms with Crippen molar-refractivity contribution >= 4 is 15.7 Å². The van der Waals surface area contributed by atoms with E-state index in [1.165, 1.54) is 0 Å². The summed E-state index contributed by atoms with van der Waals surface area (Å²) in [5, 5.41) is 0. The van der Waals surface area contributed by atoms with Gasteiger partial charge in [0.25, 0.3) is 10.0 Å². The Morgan fingerprint density at radius 2 is 1.69 bits per heavy atom. The second kappa shape index (κ2) is 7.21. The predicted molar refractivity (Wildman–Crippen MR) is 99.8 cm³/mol. The Morgan fingerprint density at radius 1 is 1.04 bits per heavy atom. The van der Waals surface area contributed by atoms with Crippen molar-refractivity contribution in [3.8, 4) is 17.0 Å². The van der Waals surface area contributed by atoms with Gasteiger partial charge in [0.05, 0.1) is 11.5 Å². The Labute approximate surface area is 152 Å². The van der Waals surface area contributed by atoms with Crippen molar-refractivity contribution in [2.24, 2.45) is 0 Å². The topological polar surface area (TPSA) is 81.4 Å². The Hall–Kier alpha value is -2.80. The molecule has 3 aromatic rings. The van der Waals surface area contributed by atoms with Gasteiger partial charge in [-0.3, -0.25) is 4.72 Å². The van der Waals surface area contributed by atoms with Gasteiger partial charge in [-0.2, -0.15) is 0 Å². The summed E-state index contributed by atoms with van der Waals surface area (Å²) in [5.41, 5.74) is 1.99. The molecule has 26 heavy (non-hydrogen) atoms. The maximum atomic E-state index is 12.6. The van der Waals surface area contributed by atoms with Gasteiger partial charge in [0.1, 0.15) is 17.2 Å². The molecule has 3 rings (SSSR count). The molecule has 2 aromatic carbocycles. The summed E-state index contributed by atoms with van der Waals surface area (Å²) in [6.45, 7) is 6.05. The molecule has 0 radical (unpaired) electrons. The minimum Gasteiger partial charge on any atom is -0.494 e. The second-order valence-corrected chi connectivity index (χ2v) is 7.41. The van der Waals surface area contributed by atoms with E-state index >= 15 is 0 Å². The fourth-order valence-corrected chi connectivity index (χ4v) is 3.65. The number of rotatable bonds is 6. The Bertz CT molecular complexity index is 991. The van der Waals surface area contributed by atoms with Gasteiger partial charge in [0.2, 0.25) is 0 Å². The molecule has 0 amide bonds. The molecule has 1 N–H and O–H groups in total. The Kier molecular flexibility index (Phi) is 4.99. The molecule has 0 spiro atoms. The summed E-state index contributed by atoms with van der Waals surface area (Å²) >= 11 is 0. The highest BCUT2D eigenvalue weighted by Crippen LogP contribution is 2.25. The predicted octanol–water partition coefficient (Wildman–Crippen LogP) is 4.16. The molecular weight excluding hydrogens is 352 g/mol. The maximum absolute atomic E-state index is 12.6. The zero-order chi connectivity index (χ0) is 18.7. The number of hydrogen-bond acceptors (Lipinski definition) is 5. The van der Waals surface area contributed by atoms with E-state index in [1.54, 1.807) is 55.5 Å². The number of oxazole rings is 1. The summed E-state index contributed by atoms with van der Waals surface area (Å²) in [6.07, 6.45) is 0. The lowest BCUT2D eigenvalue weighted by Gasteiger charge is -2.09. The quantitative estimate of drug-likeness (QED) is 0.703. The van der Waals surface area contributed by atoms with Crippen molar-refractivity contribution in [2.75, 3.05) is 11.3 Å². The van der Waals surface area contributed by atoms with E-state index in [4.69, 9.17) is 9.15 Å². The van der Waals surface area contributed by atoms with Crippen LogP contribution < -0.4 is 9.46 Å². The molecule has 0 bridgehead atoms. The monoisotopic (exact) mass is 372 g/mol. The van der Waals surface area contributed by atoms with Gasteiger partial charge in [0, 0.05) is 18.2 Å². The van der Waals surface area contributed by atoms with E-state index in [0.717, 1.165) is 5.56 Å². The lowest BCUT2D eigenvalue weighted by molar-refractivity contribution is 0.340. The van der Waals surface area contributed by atoms with Crippen molar-refractivity contribution in [3.05, 3.63) is 60.2 Å². The van der Waals surface area contributed by atoms with Crippen molar-refractivity contribution in [1.82, 2.24) is 4.98 Å². The van der Waals surface area contributed by atoms with Crippen LogP contribution in [0.2, 0.25) is 0 Å². The molecule has 0 atom stereocenters. The van der Waals surface area contributed by atoms with Gasteiger partial charge in [-0.25, -0.2) is 13.4 Å². The van der Waals surface area contributed by atoms with Crippen LogP contribution in [0.15, 0.2) is 57.8 Å². The second-order valence-electron chi connectivity index (χ2n) is 5.72. The van der Waals surface area contributed by atoms with Crippen molar-refractivity contribution < 1.29 is 17.6 Å². The SMILES string of the molecule is CCOc1ccc(NS(=O)(=O)c2ccc(-c3nc(C)oc3C)cc2)cc1. The zero-order valence-electron chi connectivity index (χ0n) is 14.8. The van der Waals surface area contributed by atoms with Crippen molar-refractivity contribution in [3.63, 3.8) is 0 Å². The van der Waals surface area contributed by atoms with E-state index in [9.17, 15) is 8.42 Å². The van der Waals surface area contributed by atoms with E-state index in [1.807, 2.05) is 13.8 Å². The number of benzene rings is 2. The normalized spacial score (nSPS) is 11.3. The molecule has 0 aliphatic carbocycles. The van der Waals surface area contributed by atoms with Crippen LogP contribution in [0, 0.1) is 13.8 Å². The summed E-state index contributed by atoms with van der Waals surface area (Å²) < 4.78 is 38.4. The van der Waals surface area contributed by atoms with E-state index in [2.05, 4.69) is 9.71 Å². The van der Waals surface area contributed by atoms with Gasteiger partial charge in [0.15, 0.2) is 5.89 Å². The maximum Gasteiger partial charge on any atom is 0.261 e. The van der Waals surface area contributed by atoms with Crippen LogP contribution in [0.1, 0.15) is 18.6 Å². The molecule has 6 nitrogen and oxygen atoms in total. The first-order valence-electron chi connectivity index (χ1n) is 8.19. The molecule has 136 valence electrons. The molecule has 1 aromatic heterocycles. The highest BCUT2D eigenvalue weighted by Gasteiger charge is 2.16. The van der Waals surface area contributed by atoms with Gasteiger partial charge in [-0.05, 0) is 50.2 Å². The van der Waals surface area contributed by atoms with Gasteiger partial charge >= 0.3 is 0 Å². The highest BCUT2D eigenvalue weighted by molar-refractivity contribution is 7.92. The summed E-state index contributed by atoms with van der Waals surface area (Å²) in [4.78, 5) is 4.49. The molecule has 0 saturated heterocycles. The lowest BCUT2D eigenvalue weighted by Crippen LogP contribution is -2.12. The van der Waals surface area contributed by atoms with Crippen LogP contribution in [0.4, 0.5) is 5.69 Å². The summed E-state index contributed by atoms with van der Waals surface area (Å²) in [6, 6.07) is 13.3. The molecular formula is C19H20N2O4S. The number of sulfonamides is 1. The van der Waals surface area contributed by atoms with Crippen molar-refractivity contribution in [1.29, 1.82) is 0 Å². The van der Waals surface area contributed by atoms with Crippen LogP contribution >= 0.6 is 0 Å². The minimum absolute atomic E-state index is 0.174. The third kappa shape index (κ3) is 3.88. The largest absolute Gasteiger partial charge is 0.494 e. The van der Waals surface area contributed by atoms with Crippen LogP contribution in [-0.4, -0.2) is 20.0 Å². The third-order valence-corrected chi connectivity index (χ3v) is 5.16. The van der Waals surface area contributed by atoms with Crippen LogP contribution in [0.3, 0.4) is 0 Å². The number of ether oxygens (including phenoxy) is 1. The highest BCUT2D eigenvalue weighted by atomic mass is 32.2. The van der Waals surface area contributed by atoms with Gasteiger partial charge in [-0.1, -0.05) is 12.1 Å². The molecule has 0 aliphatic heterocycles. The van der Waals surface area contributed by atoms with E-state index in [0.29, 0.717) is 35.4 Å². The molecule has 1 heterocycles. The van der Waals surface area contributed by atoms with E-state index in [-0.39, 0.29) is 4.90 Å². The van der Waals surface area contributed by atoms with Crippen LogP contribution in [-0.2, 0) is 10.0 Å². The smallest absolute Gasteiger partial charge is 0.261 e. The fourth-order valence-electron chi connectivity index (χ4n) is 2.59. The lowest BCUT2D eigenvalue weighted by atomic mass is 10.1. The first kappa shape index (κ1) is 18.0. The van der Waals surface area contributed by atoms with Crippen LogP contribution in [0.5, 0.6) is 5.75 Å². The van der Waals surface area contributed by atoms with Crippen molar-refractivity contribution in [2.45, 2.75) is 25.7 Å². The Balaban J connectivity index is 1.80. The zero-order valence-corrected chi connectivity index (χ0v) is 15.6. The molecule has 0 fully saturated rings. The van der Waals surface area contributed by atoms with Gasteiger partial charge in [-0.15, -0.1) is 0 Å². The first-order valence-corrected chi connectivity index (χ1v) is 9.67. The minimum atomic E-state index is -3.68. The number of aromatic nitrogens is 1. The van der Waals surface area contributed by atoms with Gasteiger partial charge < -0.3 is 9.15 Å². The number of hydrogen-bond donors (Lipinski definition) is 1. The van der Waals surface area contributed by atoms with E-state index < -0.39 is 10.0 Å². The number of nitrogens with zero attached hydrogens (tertiary/aromatic N) is 1. The first-order chi connectivity index (χ1) is 12.4. The average Bonchev–Trinajstić information content (AvgIpc) is 2.95. The third-order valence-electron chi connectivity index (χ3n) is 3.76. The van der Waals surface area contributed by atoms with Crippen LogP contribution in [0.25, 0.3) is 11.3 Å². The summed E-state index contributed by atoms with van der Waals surface area (Å²) in [5.74, 6) is 1.97. The number of aryl methyl sites for hydroxylation is 2. The fraction of sp³-hybridized carbons (Fsp3) is 0.211. The average molecular weight is 372 g/mol. The molecule has 0 aliphatic rings. The number of anilines is 1. The number of nitrogens with one attached hydrogen (secondary N) is 1. The molecule has 0 unspecified atom stereocenters. The molecule has 7 heteroatoms. The standard InChI is InChI=1S/C19H20N2O4S/c1-4-24-17-9-7-16(8-10-17)21-26(22,23)18-11-5-15(6-12-18)19-13(2)25-14(3)20-19/h5-12,21H,4H2,1-3H3. The Morgan fingerprint density at radius 3 is 2.23 bits per heavy atom.